The van der Waals surface area contributed by atoms with E-state index in [1.165, 1.54) is 0 Å². The zero-order valence-electron chi connectivity index (χ0n) is 12.2. The summed E-state index contributed by atoms with van der Waals surface area (Å²) in [4.78, 5) is 15.4. The predicted octanol–water partition coefficient (Wildman–Crippen LogP) is 2.15. The van der Waals surface area contributed by atoms with Gasteiger partial charge in [0.25, 0.3) is 0 Å². The van der Waals surface area contributed by atoms with Gasteiger partial charge >= 0.3 is 0 Å². The third-order valence-corrected chi connectivity index (χ3v) is 3.71. The average Bonchev–Trinajstić information content (AvgIpc) is 2.72. The minimum atomic E-state index is -0.187. The van der Waals surface area contributed by atoms with Crippen LogP contribution in [0.5, 0.6) is 0 Å². The van der Waals surface area contributed by atoms with Gasteiger partial charge in [-0.05, 0) is 24.5 Å². The highest BCUT2D eigenvalue weighted by Gasteiger charge is 2.17. The summed E-state index contributed by atoms with van der Waals surface area (Å²) in [5.41, 5.74) is 3.10. The van der Waals surface area contributed by atoms with Crippen LogP contribution in [0, 0.1) is 12.8 Å². The number of rotatable bonds is 5. The first-order valence-electron chi connectivity index (χ1n) is 6.99. The topological polar surface area (TPSA) is 65.1 Å². The first kappa shape index (κ1) is 14.6. The Hall–Kier alpha value is -1.81. The van der Waals surface area contributed by atoms with Crippen molar-refractivity contribution in [2.24, 2.45) is 5.92 Å². The van der Waals surface area contributed by atoms with E-state index in [4.69, 9.17) is 0 Å². The second kappa shape index (κ2) is 6.09. The molecule has 1 atom stereocenters. The standard InChI is InChI=1S/C16H22N2O2/c1-10(2)15(9-19)18-16(20)8-13-11(3)17-14-7-5-4-6-12(13)14/h4-7,10,15,17,19H,8-9H2,1-3H3,(H,18,20). The molecule has 0 aliphatic heterocycles. The number of carbonyl (C=O) groups is 1. The first-order valence-corrected chi connectivity index (χ1v) is 6.99. The lowest BCUT2D eigenvalue weighted by Crippen LogP contribution is -2.41. The molecule has 0 fully saturated rings. The fourth-order valence-corrected chi connectivity index (χ4v) is 2.40. The molecule has 108 valence electrons. The van der Waals surface area contributed by atoms with Crippen molar-refractivity contribution in [3.8, 4) is 0 Å². The average molecular weight is 274 g/mol. The quantitative estimate of drug-likeness (QED) is 0.782. The molecule has 2 rings (SSSR count). The van der Waals surface area contributed by atoms with Crippen molar-refractivity contribution in [3.05, 3.63) is 35.5 Å². The van der Waals surface area contributed by atoms with E-state index in [1.54, 1.807) is 0 Å². The highest BCUT2D eigenvalue weighted by molar-refractivity contribution is 5.90. The Bertz CT molecular complexity index is 602. The Balaban J connectivity index is 2.16. The molecule has 4 heteroatoms. The Morgan fingerprint density at radius 1 is 1.35 bits per heavy atom. The van der Waals surface area contributed by atoms with Gasteiger partial charge in [0.05, 0.1) is 19.1 Å². The zero-order valence-corrected chi connectivity index (χ0v) is 12.2. The second-order valence-electron chi connectivity index (χ2n) is 5.55. The van der Waals surface area contributed by atoms with E-state index >= 15 is 0 Å². The van der Waals surface area contributed by atoms with Crippen molar-refractivity contribution in [1.82, 2.24) is 10.3 Å². The number of aliphatic hydroxyl groups is 1. The smallest absolute Gasteiger partial charge is 0.224 e. The van der Waals surface area contributed by atoms with Gasteiger partial charge in [0.15, 0.2) is 0 Å². The summed E-state index contributed by atoms with van der Waals surface area (Å²) >= 11 is 0. The maximum atomic E-state index is 12.1. The van der Waals surface area contributed by atoms with Crippen LogP contribution >= 0.6 is 0 Å². The van der Waals surface area contributed by atoms with Crippen molar-refractivity contribution in [3.63, 3.8) is 0 Å². The van der Waals surface area contributed by atoms with Gasteiger partial charge in [-0.3, -0.25) is 4.79 Å². The number of aryl methyl sites for hydroxylation is 1. The molecule has 20 heavy (non-hydrogen) atoms. The van der Waals surface area contributed by atoms with Crippen molar-refractivity contribution < 1.29 is 9.90 Å². The summed E-state index contributed by atoms with van der Waals surface area (Å²) in [5.74, 6) is 0.165. The molecule has 0 aliphatic carbocycles. The second-order valence-corrected chi connectivity index (χ2v) is 5.55. The van der Waals surface area contributed by atoms with E-state index in [0.29, 0.717) is 6.42 Å². The van der Waals surface area contributed by atoms with Crippen LogP contribution in [0.1, 0.15) is 25.1 Å². The van der Waals surface area contributed by atoms with E-state index in [-0.39, 0.29) is 24.5 Å². The van der Waals surface area contributed by atoms with Gasteiger partial charge in [-0.1, -0.05) is 32.0 Å². The van der Waals surface area contributed by atoms with Crippen LogP contribution in [0.15, 0.2) is 24.3 Å². The third kappa shape index (κ3) is 3.02. The van der Waals surface area contributed by atoms with Gasteiger partial charge < -0.3 is 15.4 Å². The monoisotopic (exact) mass is 274 g/mol. The fraction of sp³-hybridized carbons (Fsp3) is 0.438. The van der Waals surface area contributed by atoms with Crippen molar-refractivity contribution in [2.45, 2.75) is 33.2 Å². The van der Waals surface area contributed by atoms with E-state index in [9.17, 15) is 9.90 Å². The lowest BCUT2D eigenvalue weighted by Gasteiger charge is -2.19. The lowest BCUT2D eigenvalue weighted by atomic mass is 10.0. The predicted molar refractivity (Wildman–Crippen MR) is 80.6 cm³/mol. The van der Waals surface area contributed by atoms with E-state index in [1.807, 2.05) is 45.0 Å². The Kier molecular flexibility index (Phi) is 4.45. The third-order valence-electron chi connectivity index (χ3n) is 3.71. The SMILES string of the molecule is Cc1[nH]c2ccccc2c1CC(=O)NC(CO)C(C)C. The molecule has 0 saturated heterocycles. The molecule has 1 aromatic carbocycles. The van der Waals surface area contributed by atoms with Crippen molar-refractivity contribution in [2.75, 3.05) is 6.61 Å². The number of aromatic nitrogens is 1. The molecule has 2 aromatic rings. The highest BCUT2D eigenvalue weighted by Crippen LogP contribution is 2.22. The highest BCUT2D eigenvalue weighted by atomic mass is 16.3. The first-order chi connectivity index (χ1) is 9.52. The van der Waals surface area contributed by atoms with Crippen LogP contribution in [-0.4, -0.2) is 28.6 Å². The number of aromatic amines is 1. The number of aliphatic hydroxyl groups excluding tert-OH is 1. The van der Waals surface area contributed by atoms with Gasteiger partial charge in [-0.2, -0.15) is 0 Å². The molecular formula is C16H22N2O2. The fourth-order valence-electron chi connectivity index (χ4n) is 2.40. The molecular weight excluding hydrogens is 252 g/mol. The number of benzene rings is 1. The van der Waals surface area contributed by atoms with Gasteiger partial charge in [0.2, 0.25) is 5.91 Å². The minimum absolute atomic E-state index is 0.0315. The van der Waals surface area contributed by atoms with Gasteiger partial charge in [0.1, 0.15) is 0 Å². The van der Waals surface area contributed by atoms with Crippen LogP contribution < -0.4 is 5.32 Å². The van der Waals surface area contributed by atoms with Crippen molar-refractivity contribution >= 4 is 16.8 Å². The molecule has 1 unspecified atom stereocenters. The number of hydrogen-bond donors (Lipinski definition) is 3. The molecule has 0 aliphatic rings. The van der Waals surface area contributed by atoms with Crippen LogP contribution in [0.3, 0.4) is 0 Å². The van der Waals surface area contributed by atoms with Gasteiger partial charge in [0, 0.05) is 16.6 Å². The molecule has 4 nitrogen and oxygen atoms in total. The molecule has 1 amide bonds. The van der Waals surface area contributed by atoms with Crippen molar-refractivity contribution in [1.29, 1.82) is 0 Å². The Labute approximate surface area is 119 Å². The molecule has 0 radical (unpaired) electrons. The summed E-state index contributed by atoms with van der Waals surface area (Å²) in [7, 11) is 0. The molecule has 0 bridgehead atoms. The number of H-pyrrole nitrogens is 1. The molecule has 0 saturated carbocycles. The molecule has 0 spiro atoms. The van der Waals surface area contributed by atoms with E-state index in [0.717, 1.165) is 22.2 Å². The van der Waals surface area contributed by atoms with Crippen LogP contribution in [0.2, 0.25) is 0 Å². The summed E-state index contributed by atoms with van der Waals surface area (Å²) in [6.07, 6.45) is 0.332. The molecule has 3 N–H and O–H groups in total. The number of amides is 1. The number of nitrogens with one attached hydrogen (secondary N) is 2. The summed E-state index contributed by atoms with van der Waals surface area (Å²) in [5, 5.41) is 13.3. The maximum absolute atomic E-state index is 12.1. The van der Waals surface area contributed by atoms with Crippen LogP contribution in [0.25, 0.3) is 10.9 Å². The largest absolute Gasteiger partial charge is 0.394 e. The van der Waals surface area contributed by atoms with Crippen LogP contribution in [-0.2, 0) is 11.2 Å². The Morgan fingerprint density at radius 2 is 2.05 bits per heavy atom. The normalized spacial score (nSPS) is 12.8. The lowest BCUT2D eigenvalue weighted by molar-refractivity contribution is -0.121. The van der Waals surface area contributed by atoms with Gasteiger partial charge in [-0.25, -0.2) is 0 Å². The van der Waals surface area contributed by atoms with E-state index < -0.39 is 0 Å². The number of para-hydroxylation sites is 1. The number of carbonyl (C=O) groups excluding carboxylic acids is 1. The summed E-state index contributed by atoms with van der Waals surface area (Å²) < 4.78 is 0. The zero-order chi connectivity index (χ0) is 14.7. The molecule has 1 aromatic heterocycles. The summed E-state index contributed by atoms with van der Waals surface area (Å²) in [6, 6.07) is 7.79. The maximum Gasteiger partial charge on any atom is 0.224 e. The van der Waals surface area contributed by atoms with Crippen LogP contribution in [0.4, 0.5) is 0 Å². The van der Waals surface area contributed by atoms with Gasteiger partial charge in [-0.15, -0.1) is 0 Å². The Morgan fingerprint density at radius 3 is 2.70 bits per heavy atom. The summed E-state index contributed by atoms with van der Waals surface area (Å²) in [6.45, 7) is 5.92. The number of hydrogen-bond acceptors (Lipinski definition) is 2. The minimum Gasteiger partial charge on any atom is -0.394 e. The number of fused-ring (bicyclic) bond motifs is 1. The van der Waals surface area contributed by atoms with E-state index in [2.05, 4.69) is 10.3 Å². The molecule has 1 heterocycles.